The second kappa shape index (κ2) is 7.11. The molecule has 2 amide bonds. The normalized spacial score (nSPS) is 19.0. The first-order valence-corrected chi connectivity index (χ1v) is 5.99. The molecule has 0 aromatic heterocycles. The van der Waals surface area contributed by atoms with E-state index in [0.29, 0.717) is 13.1 Å². The van der Waals surface area contributed by atoms with E-state index >= 15 is 0 Å². The molecule has 0 bridgehead atoms. The molecule has 0 radical (unpaired) electrons. The minimum Gasteiger partial charge on any atom is -0.480 e. The second-order valence-electron chi connectivity index (χ2n) is 4.06. The number of carboxylic acid groups (broad SMARTS) is 1. The molecule has 1 atom stereocenters. The van der Waals surface area contributed by atoms with Crippen LogP contribution in [0.5, 0.6) is 0 Å². The first-order chi connectivity index (χ1) is 8.13. The van der Waals surface area contributed by atoms with Crippen LogP contribution in [-0.2, 0) is 9.53 Å². The van der Waals surface area contributed by atoms with Crippen molar-refractivity contribution in [2.45, 2.75) is 32.3 Å². The third kappa shape index (κ3) is 5.04. The summed E-state index contributed by atoms with van der Waals surface area (Å²) in [6, 6.07) is -0.326. The highest BCUT2D eigenvalue weighted by atomic mass is 16.5. The first kappa shape index (κ1) is 13.8. The zero-order valence-electron chi connectivity index (χ0n) is 10.1. The number of aliphatic carboxylic acids is 1. The van der Waals surface area contributed by atoms with Crippen LogP contribution in [0.25, 0.3) is 0 Å². The van der Waals surface area contributed by atoms with Crippen molar-refractivity contribution < 1.29 is 19.4 Å². The molecule has 1 rings (SSSR count). The van der Waals surface area contributed by atoms with E-state index in [-0.39, 0.29) is 18.7 Å². The summed E-state index contributed by atoms with van der Waals surface area (Å²) in [6.07, 6.45) is 3.15. The van der Waals surface area contributed by atoms with E-state index in [1.165, 1.54) is 4.90 Å². The maximum Gasteiger partial charge on any atom is 0.323 e. The standard InChI is InChI=1S/C11H20N2O4/c1-2-13(8-10(14)15)11(16)12-6-5-9-4-3-7-17-9/h9H,2-8H2,1H3,(H,12,16)(H,14,15). The first-order valence-electron chi connectivity index (χ1n) is 5.99. The highest BCUT2D eigenvalue weighted by molar-refractivity contribution is 5.79. The number of nitrogens with one attached hydrogen (secondary N) is 1. The highest BCUT2D eigenvalue weighted by Crippen LogP contribution is 2.14. The number of nitrogens with zero attached hydrogens (tertiary/aromatic N) is 1. The molecule has 1 fully saturated rings. The molecule has 17 heavy (non-hydrogen) atoms. The van der Waals surface area contributed by atoms with Gasteiger partial charge < -0.3 is 20.1 Å². The van der Waals surface area contributed by atoms with Crippen molar-refractivity contribution in [2.24, 2.45) is 0 Å². The van der Waals surface area contributed by atoms with E-state index in [1.807, 2.05) is 0 Å². The van der Waals surface area contributed by atoms with Crippen molar-refractivity contribution in [3.63, 3.8) is 0 Å². The number of urea groups is 1. The Labute approximate surface area is 101 Å². The maximum absolute atomic E-state index is 11.6. The molecular weight excluding hydrogens is 224 g/mol. The van der Waals surface area contributed by atoms with Crippen molar-refractivity contribution in [3.05, 3.63) is 0 Å². The van der Waals surface area contributed by atoms with Crippen LogP contribution in [0.1, 0.15) is 26.2 Å². The summed E-state index contributed by atoms with van der Waals surface area (Å²) in [6.45, 7) is 3.21. The predicted octanol–water partition coefficient (Wildman–Crippen LogP) is 0.672. The molecule has 6 nitrogen and oxygen atoms in total. The molecule has 0 aromatic rings. The van der Waals surface area contributed by atoms with E-state index in [4.69, 9.17) is 9.84 Å². The zero-order valence-corrected chi connectivity index (χ0v) is 10.1. The summed E-state index contributed by atoms with van der Waals surface area (Å²) in [5.74, 6) is -0.999. The van der Waals surface area contributed by atoms with Crippen molar-refractivity contribution >= 4 is 12.0 Å². The second-order valence-corrected chi connectivity index (χ2v) is 4.06. The highest BCUT2D eigenvalue weighted by Gasteiger charge is 2.17. The third-order valence-electron chi connectivity index (χ3n) is 2.76. The predicted molar refractivity (Wildman–Crippen MR) is 61.9 cm³/mol. The quantitative estimate of drug-likeness (QED) is 0.720. The van der Waals surface area contributed by atoms with Crippen LogP contribution in [0.2, 0.25) is 0 Å². The number of carbonyl (C=O) groups is 2. The Morgan fingerprint density at radius 3 is 2.82 bits per heavy atom. The van der Waals surface area contributed by atoms with E-state index in [0.717, 1.165) is 25.9 Å². The van der Waals surface area contributed by atoms with Gasteiger partial charge in [-0.05, 0) is 26.2 Å². The minimum atomic E-state index is -0.999. The Morgan fingerprint density at radius 2 is 2.29 bits per heavy atom. The molecular formula is C11H20N2O4. The van der Waals surface area contributed by atoms with Crippen molar-refractivity contribution in [3.8, 4) is 0 Å². The number of ether oxygens (including phenoxy) is 1. The average molecular weight is 244 g/mol. The Kier molecular flexibility index (Phi) is 5.76. The van der Waals surface area contributed by atoms with Gasteiger partial charge in [0.15, 0.2) is 0 Å². The van der Waals surface area contributed by atoms with Gasteiger partial charge in [-0.2, -0.15) is 0 Å². The lowest BCUT2D eigenvalue weighted by Gasteiger charge is -2.19. The minimum absolute atomic E-state index is 0.241. The monoisotopic (exact) mass is 244 g/mol. The maximum atomic E-state index is 11.6. The summed E-state index contributed by atoms with van der Waals surface area (Å²) >= 11 is 0. The molecule has 6 heteroatoms. The summed E-state index contributed by atoms with van der Waals surface area (Å²) < 4.78 is 5.43. The molecule has 98 valence electrons. The number of likely N-dealkylation sites (N-methyl/N-ethyl adjacent to an activating group) is 1. The fourth-order valence-corrected chi connectivity index (χ4v) is 1.81. The van der Waals surface area contributed by atoms with Crippen molar-refractivity contribution in [1.29, 1.82) is 0 Å². The molecule has 0 spiro atoms. The molecule has 0 aromatic carbocycles. The molecule has 1 aliphatic rings. The van der Waals surface area contributed by atoms with Gasteiger partial charge in [0.2, 0.25) is 0 Å². The largest absolute Gasteiger partial charge is 0.480 e. The van der Waals surface area contributed by atoms with Gasteiger partial charge in [0.1, 0.15) is 6.54 Å². The van der Waals surface area contributed by atoms with Crippen LogP contribution in [0.15, 0.2) is 0 Å². The van der Waals surface area contributed by atoms with Gasteiger partial charge >= 0.3 is 12.0 Å². The number of carbonyl (C=O) groups excluding carboxylic acids is 1. The van der Waals surface area contributed by atoms with E-state index in [1.54, 1.807) is 6.92 Å². The molecule has 1 unspecified atom stereocenters. The summed E-state index contributed by atoms with van der Waals surface area (Å²) in [4.78, 5) is 23.4. The van der Waals surface area contributed by atoms with Gasteiger partial charge in [-0.1, -0.05) is 0 Å². The number of amides is 2. The summed E-state index contributed by atoms with van der Waals surface area (Å²) in [5, 5.41) is 11.3. The van der Waals surface area contributed by atoms with E-state index < -0.39 is 5.97 Å². The van der Waals surface area contributed by atoms with Crippen molar-refractivity contribution in [2.75, 3.05) is 26.2 Å². The Balaban J connectivity index is 2.19. The lowest BCUT2D eigenvalue weighted by atomic mass is 10.2. The van der Waals surface area contributed by atoms with Crippen LogP contribution in [-0.4, -0.2) is 54.4 Å². The van der Waals surface area contributed by atoms with Crippen LogP contribution in [0.3, 0.4) is 0 Å². The van der Waals surface area contributed by atoms with Gasteiger partial charge in [0, 0.05) is 19.7 Å². The van der Waals surface area contributed by atoms with Crippen molar-refractivity contribution in [1.82, 2.24) is 10.2 Å². The van der Waals surface area contributed by atoms with Gasteiger partial charge in [0.25, 0.3) is 0 Å². The molecule has 0 aliphatic carbocycles. The van der Waals surface area contributed by atoms with Gasteiger partial charge in [-0.15, -0.1) is 0 Å². The molecule has 1 heterocycles. The lowest BCUT2D eigenvalue weighted by molar-refractivity contribution is -0.137. The zero-order chi connectivity index (χ0) is 12.7. The Morgan fingerprint density at radius 1 is 1.53 bits per heavy atom. The lowest BCUT2D eigenvalue weighted by Crippen LogP contribution is -2.43. The van der Waals surface area contributed by atoms with Gasteiger partial charge in [-0.3, -0.25) is 4.79 Å². The number of hydrogen-bond donors (Lipinski definition) is 2. The Bertz CT molecular complexity index is 264. The summed E-state index contributed by atoms with van der Waals surface area (Å²) in [5.41, 5.74) is 0. The molecule has 0 saturated carbocycles. The van der Waals surface area contributed by atoms with Crippen LogP contribution in [0, 0.1) is 0 Å². The molecule has 1 saturated heterocycles. The fourth-order valence-electron chi connectivity index (χ4n) is 1.81. The fraction of sp³-hybridized carbons (Fsp3) is 0.818. The van der Waals surface area contributed by atoms with E-state index in [2.05, 4.69) is 5.32 Å². The Hall–Kier alpha value is -1.30. The number of hydrogen-bond acceptors (Lipinski definition) is 3. The third-order valence-corrected chi connectivity index (χ3v) is 2.76. The molecule has 1 aliphatic heterocycles. The van der Waals surface area contributed by atoms with E-state index in [9.17, 15) is 9.59 Å². The molecule has 2 N–H and O–H groups in total. The van der Waals surface area contributed by atoms with Gasteiger partial charge in [-0.25, -0.2) is 4.79 Å². The van der Waals surface area contributed by atoms with Gasteiger partial charge in [0.05, 0.1) is 6.10 Å². The number of rotatable bonds is 6. The summed E-state index contributed by atoms with van der Waals surface area (Å²) in [7, 11) is 0. The average Bonchev–Trinajstić information content (AvgIpc) is 2.78. The van der Waals surface area contributed by atoms with Crippen LogP contribution in [0.4, 0.5) is 4.79 Å². The topological polar surface area (TPSA) is 78.9 Å². The van der Waals surface area contributed by atoms with Crippen LogP contribution >= 0.6 is 0 Å². The smallest absolute Gasteiger partial charge is 0.323 e. The SMILES string of the molecule is CCN(CC(=O)O)C(=O)NCCC1CCCO1. The van der Waals surface area contributed by atoms with Crippen LogP contribution < -0.4 is 5.32 Å². The number of carboxylic acids is 1.